The van der Waals surface area contributed by atoms with Crippen LogP contribution in [0.1, 0.15) is 18.4 Å². The molecule has 1 heterocycles. The monoisotopic (exact) mass is 437 g/mol. The van der Waals surface area contributed by atoms with E-state index in [1.165, 1.54) is 27.9 Å². The summed E-state index contributed by atoms with van der Waals surface area (Å²) < 4.78 is 61.7. The van der Waals surface area contributed by atoms with Gasteiger partial charge >= 0.3 is 10.2 Å². The van der Waals surface area contributed by atoms with Gasteiger partial charge in [0.15, 0.2) is 0 Å². The lowest BCUT2D eigenvalue weighted by Gasteiger charge is -2.21. The third-order valence-corrected chi connectivity index (χ3v) is 8.46. The van der Waals surface area contributed by atoms with Gasteiger partial charge in [0.2, 0.25) is 10.0 Å². The Bertz CT molecular complexity index is 1140. The van der Waals surface area contributed by atoms with Crippen molar-refractivity contribution in [3.05, 3.63) is 48.0 Å². The minimum atomic E-state index is -3.77. The van der Waals surface area contributed by atoms with Crippen molar-refractivity contribution in [1.29, 1.82) is 0 Å². The lowest BCUT2D eigenvalue weighted by Crippen LogP contribution is -2.42. The van der Waals surface area contributed by atoms with Crippen LogP contribution >= 0.6 is 0 Å². The molecular formula is C19H23N3O5S2. The van der Waals surface area contributed by atoms with Crippen LogP contribution < -0.4 is 18.1 Å². The predicted octanol–water partition coefficient (Wildman–Crippen LogP) is 2.02. The van der Waals surface area contributed by atoms with E-state index in [0.29, 0.717) is 22.7 Å². The molecule has 0 radical (unpaired) electrons. The smallest absolute Gasteiger partial charge is 0.326 e. The molecule has 0 aromatic heterocycles. The van der Waals surface area contributed by atoms with Crippen LogP contribution in [0.25, 0.3) is 0 Å². The Labute approximate surface area is 171 Å². The molecule has 4 rings (SSSR count). The molecule has 2 aromatic rings. The number of hydrogen-bond acceptors (Lipinski definition) is 5. The second-order valence-corrected chi connectivity index (χ2v) is 10.6. The summed E-state index contributed by atoms with van der Waals surface area (Å²) in [7, 11) is -5.96. The number of anilines is 2. The fraction of sp³-hybridized carbons (Fsp3) is 0.368. The maximum atomic E-state index is 13.0. The zero-order valence-corrected chi connectivity index (χ0v) is 17.8. The largest absolute Gasteiger partial charge is 0.496 e. The molecular weight excluding hydrogens is 414 g/mol. The van der Waals surface area contributed by atoms with E-state index in [0.717, 1.165) is 12.8 Å². The molecule has 0 amide bonds. The van der Waals surface area contributed by atoms with Crippen LogP contribution in [0.2, 0.25) is 0 Å². The molecule has 29 heavy (non-hydrogen) atoms. The van der Waals surface area contributed by atoms with Crippen molar-refractivity contribution < 1.29 is 21.6 Å². The van der Waals surface area contributed by atoms with Crippen molar-refractivity contribution in [2.24, 2.45) is 0 Å². The second kappa shape index (κ2) is 7.19. The summed E-state index contributed by atoms with van der Waals surface area (Å²) in [5, 5.41) is 0. The second-order valence-electron chi connectivity index (χ2n) is 7.12. The van der Waals surface area contributed by atoms with Crippen LogP contribution in [-0.4, -0.2) is 43.1 Å². The molecule has 2 aliphatic rings. The van der Waals surface area contributed by atoms with Gasteiger partial charge in [0.25, 0.3) is 0 Å². The molecule has 0 unspecified atom stereocenters. The highest BCUT2D eigenvalue weighted by atomic mass is 32.2. The molecule has 1 aliphatic heterocycles. The number of nitrogens with zero attached hydrogens (tertiary/aromatic N) is 2. The van der Waals surface area contributed by atoms with Crippen molar-refractivity contribution in [3.8, 4) is 5.75 Å². The van der Waals surface area contributed by atoms with Gasteiger partial charge in [0.1, 0.15) is 5.75 Å². The third kappa shape index (κ3) is 3.56. The van der Waals surface area contributed by atoms with E-state index in [1.807, 2.05) is 6.07 Å². The number of aryl methyl sites for hydroxylation is 1. The highest BCUT2D eigenvalue weighted by molar-refractivity contribution is 7.94. The maximum absolute atomic E-state index is 13.0. The quantitative estimate of drug-likeness (QED) is 0.715. The van der Waals surface area contributed by atoms with Gasteiger partial charge in [0.05, 0.1) is 23.4 Å². The molecule has 1 fully saturated rings. The highest BCUT2D eigenvalue weighted by Crippen LogP contribution is 2.46. The predicted molar refractivity (Wildman–Crippen MR) is 111 cm³/mol. The average molecular weight is 438 g/mol. The summed E-state index contributed by atoms with van der Waals surface area (Å²) in [6, 6.07) is 11.7. The van der Waals surface area contributed by atoms with Crippen LogP contribution in [0.3, 0.4) is 0 Å². The van der Waals surface area contributed by atoms with Gasteiger partial charge in [-0.05, 0) is 55.7 Å². The molecule has 0 bridgehead atoms. The Balaban J connectivity index is 1.51. The molecule has 0 atom stereocenters. The number of ether oxygens (including phenoxy) is 1. The molecule has 0 saturated heterocycles. The normalized spacial score (nSPS) is 18.0. The van der Waals surface area contributed by atoms with Gasteiger partial charge in [-0.3, -0.25) is 0 Å². The van der Waals surface area contributed by atoms with Crippen molar-refractivity contribution in [1.82, 2.24) is 4.72 Å². The van der Waals surface area contributed by atoms with E-state index in [4.69, 9.17) is 4.74 Å². The Morgan fingerprint density at radius 3 is 2.45 bits per heavy atom. The number of nitrogens with one attached hydrogen (secondary N) is 1. The zero-order chi connectivity index (χ0) is 20.8. The van der Waals surface area contributed by atoms with Crippen LogP contribution in [0, 0.1) is 6.92 Å². The van der Waals surface area contributed by atoms with Crippen molar-refractivity contribution in [3.63, 3.8) is 0 Å². The number of methoxy groups -OCH3 is 1. The lowest BCUT2D eigenvalue weighted by atomic mass is 10.2. The molecule has 1 aliphatic carbocycles. The van der Waals surface area contributed by atoms with Gasteiger partial charge in [-0.2, -0.15) is 8.42 Å². The minimum absolute atomic E-state index is 0.00915. The molecule has 1 saturated carbocycles. The van der Waals surface area contributed by atoms with Crippen LogP contribution in [0.15, 0.2) is 47.4 Å². The van der Waals surface area contributed by atoms with E-state index in [9.17, 15) is 16.8 Å². The van der Waals surface area contributed by atoms with Crippen LogP contribution in [0.5, 0.6) is 5.75 Å². The first-order valence-electron chi connectivity index (χ1n) is 9.31. The van der Waals surface area contributed by atoms with E-state index in [-0.39, 0.29) is 24.0 Å². The fourth-order valence-electron chi connectivity index (χ4n) is 3.53. The number of sulfonamides is 1. The molecule has 2 aromatic carbocycles. The summed E-state index contributed by atoms with van der Waals surface area (Å²) in [5.41, 5.74) is 1.94. The Kier molecular flexibility index (Phi) is 4.96. The molecule has 10 heteroatoms. The first-order valence-corrected chi connectivity index (χ1v) is 12.2. The average Bonchev–Trinajstić information content (AvgIpc) is 3.47. The zero-order valence-electron chi connectivity index (χ0n) is 16.2. The number of para-hydroxylation sites is 2. The van der Waals surface area contributed by atoms with Gasteiger partial charge in [0, 0.05) is 19.1 Å². The summed E-state index contributed by atoms with van der Waals surface area (Å²) >= 11 is 0. The van der Waals surface area contributed by atoms with E-state index >= 15 is 0 Å². The maximum Gasteiger partial charge on any atom is 0.326 e. The third-order valence-electron chi connectivity index (χ3n) is 5.08. The van der Waals surface area contributed by atoms with Gasteiger partial charge in [-0.15, -0.1) is 0 Å². The summed E-state index contributed by atoms with van der Waals surface area (Å²) in [6.07, 6.45) is 1.68. The fourth-order valence-corrected chi connectivity index (χ4v) is 6.56. The van der Waals surface area contributed by atoms with Gasteiger partial charge in [-0.1, -0.05) is 12.1 Å². The summed E-state index contributed by atoms with van der Waals surface area (Å²) in [4.78, 5) is 0.111. The lowest BCUT2D eigenvalue weighted by molar-refractivity contribution is 0.411. The topological polar surface area (TPSA) is 96.0 Å². The number of benzene rings is 2. The van der Waals surface area contributed by atoms with Crippen molar-refractivity contribution in [2.75, 3.05) is 28.8 Å². The van der Waals surface area contributed by atoms with Crippen molar-refractivity contribution >= 4 is 31.6 Å². The van der Waals surface area contributed by atoms with E-state index in [1.54, 1.807) is 31.2 Å². The van der Waals surface area contributed by atoms with Crippen molar-refractivity contribution in [2.45, 2.75) is 30.7 Å². The highest BCUT2D eigenvalue weighted by Gasteiger charge is 2.47. The molecule has 8 nitrogen and oxygen atoms in total. The van der Waals surface area contributed by atoms with E-state index in [2.05, 4.69) is 4.72 Å². The standard InChI is InChI=1S/C19H23N3O5S2/c1-14-13-16(9-10-19(14)27-2)28(23,24)20-11-12-21-17-5-3-4-6-18(17)22(15-7-8-15)29(21,25)26/h3-6,9-10,13,15,20H,7-8,11-12H2,1-2H3. The van der Waals surface area contributed by atoms with Crippen LogP contribution in [-0.2, 0) is 20.2 Å². The first-order chi connectivity index (χ1) is 13.8. The van der Waals surface area contributed by atoms with Crippen LogP contribution in [0.4, 0.5) is 11.4 Å². The summed E-state index contributed by atoms with van der Waals surface area (Å²) in [6.45, 7) is 1.73. The molecule has 156 valence electrons. The van der Waals surface area contributed by atoms with E-state index < -0.39 is 20.2 Å². The number of hydrogen-bond donors (Lipinski definition) is 1. The summed E-state index contributed by atoms with van der Waals surface area (Å²) in [5.74, 6) is 0.601. The molecule has 0 spiro atoms. The SMILES string of the molecule is COc1ccc(S(=O)(=O)NCCN2c3ccccc3N(C3CC3)S2(=O)=O)cc1C. The minimum Gasteiger partial charge on any atom is -0.496 e. The Hall–Kier alpha value is -2.30. The van der Waals surface area contributed by atoms with Gasteiger partial charge < -0.3 is 4.74 Å². The first kappa shape index (κ1) is 20.0. The van der Waals surface area contributed by atoms with Gasteiger partial charge in [-0.25, -0.2) is 21.8 Å². The molecule has 1 N–H and O–H groups in total. The Morgan fingerprint density at radius 2 is 1.83 bits per heavy atom. The number of fused-ring (bicyclic) bond motifs is 1. The Morgan fingerprint density at radius 1 is 1.14 bits per heavy atom. The number of rotatable bonds is 7.